The molecule has 1 aliphatic carbocycles. The summed E-state index contributed by atoms with van der Waals surface area (Å²) in [4.78, 5) is 36.1. The van der Waals surface area contributed by atoms with Gasteiger partial charge in [-0.25, -0.2) is 4.39 Å². The Labute approximate surface area is 156 Å². The molecule has 0 aliphatic heterocycles. The largest absolute Gasteiger partial charge is 0.351 e. The number of hydrogen-bond donors (Lipinski definition) is 3. The lowest BCUT2D eigenvalue weighted by Gasteiger charge is -2.16. The molecule has 140 valence electrons. The van der Waals surface area contributed by atoms with Gasteiger partial charge in [0, 0.05) is 24.8 Å². The van der Waals surface area contributed by atoms with Crippen molar-refractivity contribution in [1.29, 1.82) is 0 Å². The number of amides is 3. The number of nitrogens with one attached hydrogen (secondary N) is 3. The molecule has 1 aliphatic rings. The first-order valence-corrected chi connectivity index (χ1v) is 8.61. The molecule has 2 aromatic carbocycles. The summed E-state index contributed by atoms with van der Waals surface area (Å²) in [6.45, 7) is 1.65. The van der Waals surface area contributed by atoms with Crippen LogP contribution >= 0.6 is 0 Å². The van der Waals surface area contributed by atoms with Crippen LogP contribution in [0.3, 0.4) is 0 Å². The molecule has 7 heteroatoms. The number of hydrogen-bond acceptors (Lipinski definition) is 3. The Morgan fingerprint density at radius 2 is 1.44 bits per heavy atom. The first-order chi connectivity index (χ1) is 12.9. The Bertz CT molecular complexity index is 859. The van der Waals surface area contributed by atoms with E-state index in [9.17, 15) is 18.8 Å². The summed E-state index contributed by atoms with van der Waals surface area (Å²) in [5.41, 5.74) is 0.871. The van der Waals surface area contributed by atoms with Crippen molar-refractivity contribution in [3.05, 3.63) is 59.9 Å². The molecule has 0 bridgehead atoms. The first kappa shape index (κ1) is 18.6. The average molecular weight is 369 g/mol. The minimum atomic E-state index is -1.06. The van der Waals surface area contributed by atoms with E-state index in [1.54, 1.807) is 36.4 Å². The number of benzene rings is 2. The second-order valence-electron chi connectivity index (χ2n) is 6.60. The molecule has 1 saturated carbocycles. The van der Waals surface area contributed by atoms with Crippen LogP contribution in [-0.4, -0.2) is 17.7 Å². The summed E-state index contributed by atoms with van der Waals surface area (Å²) in [7, 11) is 0. The topological polar surface area (TPSA) is 87.3 Å². The molecule has 0 heterocycles. The lowest BCUT2D eigenvalue weighted by Crippen LogP contribution is -2.39. The highest BCUT2D eigenvalue weighted by molar-refractivity contribution is 6.13. The monoisotopic (exact) mass is 369 g/mol. The van der Waals surface area contributed by atoms with Crippen molar-refractivity contribution in [3.63, 3.8) is 0 Å². The van der Waals surface area contributed by atoms with Crippen LogP contribution in [0.2, 0.25) is 0 Å². The zero-order chi connectivity index (χ0) is 19.4. The quantitative estimate of drug-likeness (QED) is 0.684. The molecule has 0 radical (unpaired) electrons. The molecule has 0 saturated heterocycles. The lowest BCUT2D eigenvalue weighted by molar-refractivity contribution is -0.134. The van der Waals surface area contributed by atoms with Gasteiger partial charge in [0.2, 0.25) is 17.7 Å². The van der Waals surface area contributed by atoms with Crippen molar-refractivity contribution >= 4 is 29.1 Å². The van der Waals surface area contributed by atoms with Gasteiger partial charge in [-0.1, -0.05) is 12.1 Å². The van der Waals surface area contributed by atoms with Crippen LogP contribution in [0.4, 0.5) is 15.8 Å². The highest BCUT2D eigenvalue weighted by Crippen LogP contribution is 2.46. The molecule has 3 N–H and O–H groups in total. The van der Waals surface area contributed by atoms with Crippen LogP contribution in [-0.2, 0) is 20.9 Å². The van der Waals surface area contributed by atoms with Crippen molar-refractivity contribution in [1.82, 2.24) is 5.32 Å². The number of carbonyl (C=O) groups excluding carboxylic acids is 3. The summed E-state index contributed by atoms with van der Waals surface area (Å²) < 4.78 is 12.9. The van der Waals surface area contributed by atoms with Gasteiger partial charge in [-0.3, -0.25) is 14.4 Å². The minimum Gasteiger partial charge on any atom is -0.351 e. The molecule has 2 aromatic rings. The Kier molecular flexibility index (Phi) is 5.21. The van der Waals surface area contributed by atoms with Gasteiger partial charge in [0.1, 0.15) is 11.2 Å². The van der Waals surface area contributed by atoms with E-state index in [-0.39, 0.29) is 30.1 Å². The third-order valence-electron chi connectivity index (χ3n) is 4.45. The smallest absolute Gasteiger partial charge is 0.240 e. The Morgan fingerprint density at radius 1 is 0.889 bits per heavy atom. The summed E-state index contributed by atoms with van der Waals surface area (Å²) in [6, 6.07) is 12.5. The zero-order valence-corrected chi connectivity index (χ0v) is 14.8. The van der Waals surface area contributed by atoms with E-state index in [0.29, 0.717) is 24.2 Å². The van der Waals surface area contributed by atoms with Crippen LogP contribution < -0.4 is 16.0 Å². The molecule has 3 amide bonds. The minimum absolute atomic E-state index is 0.179. The predicted octanol–water partition coefficient (Wildman–Crippen LogP) is 2.82. The fraction of sp³-hybridized carbons (Fsp3) is 0.250. The van der Waals surface area contributed by atoms with Crippen LogP contribution in [0.1, 0.15) is 25.3 Å². The Hall–Kier alpha value is -3.22. The predicted molar refractivity (Wildman–Crippen MR) is 99.3 cm³/mol. The van der Waals surface area contributed by atoms with Crippen LogP contribution in [0, 0.1) is 11.2 Å². The van der Waals surface area contributed by atoms with Crippen molar-refractivity contribution in [2.45, 2.75) is 26.3 Å². The van der Waals surface area contributed by atoms with Crippen LogP contribution in [0.15, 0.2) is 48.5 Å². The van der Waals surface area contributed by atoms with Gasteiger partial charge in [-0.2, -0.15) is 0 Å². The zero-order valence-electron chi connectivity index (χ0n) is 14.8. The summed E-state index contributed by atoms with van der Waals surface area (Å²) >= 11 is 0. The summed E-state index contributed by atoms with van der Waals surface area (Å²) in [5, 5.41) is 8.14. The third kappa shape index (κ3) is 4.49. The fourth-order valence-electron chi connectivity index (χ4n) is 2.73. The van der Waals surface area contributed by atoms with Gasteiger partial charge in [-0.05, 0) is 54.8 Å². The van der Waals surface area contributed by atoms with Gasteiger partial charge in [0.05, 0.1) is 0 Å². The molecule has 27 heavy (non-hydrogen) atoms. The Balaban J connectivity index is 1.57. The van der Waals surface area contributed by atoms with E-state index in [1.807, 2.05) is 0 Å². The first-order valence-electron chi connectivity index (χ1n) is 8.61. The molecule has 0 atom stereocenters. The molecule has 0 spiro atoms. The second kappa shape index (κ2) is 7.57. The van der Waals surface area contributed by atoms with Crippen LogP contribution in [0.5, 0.6) is 0 Å². The maximum Gasteiger partial charge on any atom is 0.240 e. The van der Waals surface area contributed by atoms with E-state index in [0.717, 1.165) is 5.56 Å². The van der Waals surface area contributed by atoms with Crippen molar-refractivity contribution in [2.75, 3.05) is 10.6 Å². The molecule has 0 aromatic heterocycles. The molecule has 0 unspecified atom stereocenters. The fourth-order valence-corrected chi connectivity index (χ4v) is 2.73. The average Bonchev–Trinajstić information content (AvgIpc) is 3.44. The molecule has 1 fully saturated rings. The standard InChI is InChI=1S/C20H20FN3O3/c1-13(25)23-16-6-8-17(9-7-16)24-19(27)20(10-11-20)18(26)22-12-14-2-4-15(21)5-3-14/h2-9H,10-12H2,1H3,(H,22,26)(H,23,25)(H,24,27). The normalized spacial score (nSPS) is 14.1. The highest BCUT2D eigenvalue weighted by Gasteiger charge is 2.56. The van der Waals surface area contributed by atoms with E-state index in [1.165, 1.54) is 19.1 Å². The molecular weight excluding hydrogens is 349 g/mol. The maximum atomic E-state index is 12.9. The lowest BCUT2D eigenvalue weighted by atomic mass is 10.0. The van der Waals surface area contributed by atoms with Gasteiger partial charge < -0.3 is 16.0 Å². The maximum absolute atomic E-state index is 12.9. The summed E-state index contributed by atoms with van der Waals surface area (Å²) in [5.74, 6) is -1.21. The Morgan fingerprint density at radius 3 is 1.96 bits per heavy atom. The summed E-state index contributed by atoms with van der Waals surface area (Å²) in [6.07, 6.45) is 0.968. The van der Waals surface area contributed by atoms with Gasteiger partial charge in [0.25, 0.3) is 0 Å². The van der Waals surface area contributed by atoms with Crippen molar-refractivity contribution in [2.24, 2.45) is 5.41 Å². The number of rotatable bonds is 6. The van der Waals surface area contributed by atoms with E-state index in [4.69, 9.17) is 0 Å². The highest BCUT2D eigenvalue weighted by atomic mass is 19.1. The van der Waals surface area contributed by atoms with Crippen molar-refractivity contribution < 1.29 is 18.8 Å². The number of anilines is 2. The van der Waals surface area contributed by atoms with E-state index < -0.39 is 5.41 Å². The van der Waals surface area contributed by atoms with Gasteiger partial charge in [-0.15, -0.1) is 0 Å². The number of carbonyl (C=O) groups is 3. The molecule has 6 nitrogen and oxygen atoms in total. The van der Waals surface area contributed by atoms with Crippen molar-refractivity contribution in [3.8, 4) is 0 Å². The van der Waals surface area contributed by atoms with E-state index in [2.05, 4.69) is 16.0 Å². The van der Waals surface area contributed by atoms with Crippen LogP contribution in [0.25, 0.3) is 0 Å². The number of halogens is 1. The van der Waals surface area contributed by atoms with Gasteiger partial charge in [0.15, 0.2) is 0 Å². The SMILES string of the molecule is CC(=O)Nc1ccc(NC(=O)C2(C(=O)NCc3ccc(F)cc3)CC2)cc1. The third-order valence-corrected chi connectivity index (χ3v) is 4.45. The van der Waals surface area contributed by atoms with Gasteiger partial charge >= 0.3 is 0 Å². The molecule has 3 rings (SSSR count). The second-order valence-corrected chi connectivity index (χ2v) is 6.60. The molecular formula is C20H20FN3O3. The van der Waals surface area contributed by atoms with E-state index >= 15 is 0 Å².